The van der Waals surface area contributed by atoms with Gasteiger partial charge in [-0.2, -0.15) is 0 Å². The highest BCUT2D eigenvalue weighted by atomic mass is 16.5. The standard InChI is InChI=1S/C15H27N5O7/c1-9(22)12(14(24)17-11-5-3-7-20(27)15(11)25)18-13(23)10(16)4-2-6-19(26)8-21/h8-12,22,26-27H,2-7,16H2,1H3,(H,17,24)(H,18,23). The van der Waals surface area contributed by atoms with Gasteiger partial charge in [-0.3, -0.25) is 29.6 Å². The average molecular weight is 389 g/mol. The van der Waals surface area contributed by atoms with Crippen LogP contribution in [0.2, 0.25) is 0 Å². The molecule has 7 N–H and O–H groups in total. The van der Waals surface area contributed by atoms with E-state index in [-0.39, 0.29) is 32.3 Å². The lowest BCUT2D eigenvalue weighted by Gasteiger charge is -2.30. The minimum Gasteiger partial charge on any atom is -0.391 e. The van der Waals surface area contributed by atoms with Gasteiger partial charge in [-0.05, 0) is 32.6 Å². The van der Waals surface area contributed by atoms with Crippen molar-refractivity contribution < 1.29 is 34.7 Å². The Morgan fingerprint density at radius 1 is 1.44 bits per heavy atom. The third-order valence-corrected chi connectivity index (χ3v) is 4.16. The summed E-state index contributed by atoms with van der Waals surface area (Å²) in [5.74, 6) is -2.14. The molecule has 1 saturated heterocycles. The van der Waals surface area contributed by atoms with Gasteiger partial charge in [0.15, 0.2) is 0 Å². The molecular formula is C15H27N5O7. The molecule has 0 aromatic heterocycles. The van der Waals surface area contributed by atoms with Gasteiger partial charge in [-0.25, -0.2) is 10.1 Å². The van der Waals surface area contributed by atoms with E-state index < -0.39 is 42.0 Å². The van der Waals surface area contributed by atoms with E-state index in [0.29, 0.717) is 23.0 Å². The Labute approximate surface area is 156 Å². The van der Waals surface area contributed by atoms with Crippen molar-refractivity contribution in [1.82, 2.24) is 20.8 Å². The summed E-state index contributed by atoms with van der Waals surface area (Å²) in [4.78, 5) is 46.6. The zero-order chi connectivity index (χ0) is 20.6. The predicted molar refractivity (Wildman–Crippen MR) is 90.0 cm³/mol. The fourth-order valence-corrected chi connectivity index (χ4v) is 2.58. The fraction of sp³-hybridized carbons (Fsp3) is 0.733. The number of carbonyl (C=O) groups is 4. The van der Waals surface area contributed by atoms with Crippen molar-refractivity contribution in [2.24, 2.45) is 5.73 Å². The number of hydrogen-bond acceptors (Lipinski definition) is 8. The second kappa shape index (κ2) is 10.8. The maximum Gasteiger partial charge on any atom is 0.268 e. The van der Waals surface area contributed by atoms with Crippen LogP contribution in [0.4, 0.5) is 0 Å². The predicted octanol–water partition coefficient (Wildman–Crippen LogP) is -2.70. The number of aliphatic hydroxyl groups excluding tert-OH is 1. The van der Waals surface area contributed by atoms with Crippen LogP contribution < -0.4 is 16.4 Å². The molecule has 1 rings (SSSR count). The van der Waals surface area contributed by atoms with E-state index >= 15 is 0 Å². The van der Waals surface area contributed by atoms with Crippen molar-refractivity contribution >= 4 is 24.1 Å². The van der Waals surface area contributed by atoms with Gasteiger partial charge in [0.05, 0.1) is 12.1 Å². The first kappa shape index (κ1) is 22.8. The number of hydrogen-bond donors (Lipinski definition) is 6. The smallest absolute Gasteiger partial charge is 0.268 e. The van der Waals surface area contributed by atoms with Crippen molar-refractivity contribution in [1.29, 1.82) is 0 Å². The van der Waals surface area contributed by atoms with Gasteiger partial charge in [-0.1, -0.05) is 0 Å². The Balaban J connectivity index is 2.58. The van der Waals surface area contributed by atoms with Gasteiger partial charge in [0.25, 0.3) is 5.91 Å². The van der Waals surface area contributed by atoms with Gasteiger partial charge < -0.3 is 21.5 Å². The third kappa shape index (κ3) is 7.09. The van der Waals surface area contributed by atoms with E-state index in [9.17, 15) is 29.5 Å². The maximum atomic E-state index is 12.3. The molecule has 4 amide bonds. The number of nitrogens with two attached hydrogens (primary N) is 1. The molecule has 1 aliphatic rings. The first-order valence-corrected chi connectivity index (χ1v) is 8.62. The number of amides is 4. The molecule has 4 atom stereocenters. The number of piperidine rings is 1. The second-order valence-electron chi connectivity index (χ2n) is 6.41. The van der Waals surface area contributed by atoms with E-state index in [2.05, 4.69) is 10.6 Å². The lowest BCUT2D eigenvalue weighted by atomic mass is 10.0. The summed E-state index contributed by atoms with van der Waals surface area (Å²) < 4.78 is 0. The van der Waals surface area contributed by atoms with Crippen molar-refractivity contribution in [2.75, 3.05) is 13.1 Å². The van der Waals surface area contributed by atoms with Gasteiger partial charge in [0, 0.05) is 13.1 Å². The molecule has 12 nitrogen and oxygen atoms in total. The van der Waals surface area contributed by atoms with Crippen molar-refractivity contribution in [3.8, 4) is 0 Å². The molecular weight excluding hydrogens is 362 g/mol. The van der Waals surface area contributed by atoms with Gasteiger partial charge in [0.2, 0.25) is 18.2 Å². The monoisotopic (exact) mass is 389 g/mol. The van der Waals surface area contributed by atoms with Crippen LogP contribution >= 0.6 is 0 Å². The number of rotatable bonds is 10. The quantitative estimate of drug-likeness (QED) is 0.132. The molecule has 1 aliphatic heterocycles. The molecule has 27 heavy (non-hydrogen) atoms. The van der Waals surface area contributed by atoms with E-state index in [0.717, 1.165) is 0 Å². The van der Waals surface area contributed by atoms with Crippen LogP contribution in [0.15, 0.2) is 0 Å². The Morgan fingerprint density at radius 2 is 2.11 bits per heavy atom. The average Bonchev–Trinajstić information content (AvgIpc) is 2.62. The highest BCUT2D eigenvalue weighted by Gasteiger charge is 2.33. The van der Waals surface area contributed by atoms with Crippen molar-refractivity contribution in [3.63, 3.8) is 0 Å². The molecule has 0 radical (unpaired) electrons. The van der Waals surface area contributed by atoms with Gasteiger partial charge in [0.1, 0.15) is 12.1 Å². The molecule has 4 unspecified atom stereocenters. The summed E-state index contributed by atoms with van der Waals surface area (Å²) >= 11 is 0. The van der Waals surface area contributed by atoms with Crippen LogP contribution in [0.5, 0.6) is 0 Å². The molecule has 154 valence electrons. The second-order valence-corrected chi connectivity index (χ2v) is 6.41. The lowest BCUT2D eigenvalue weighted by Crippen LogP contribution is -2.60. The number of nitrogens with zero attached hydrogens (tertiary/aromatic N) is 2. The zero-order valence-electron chi connectivity index (χ0n) is 15.1. The molecule has 0 aliphatic carbocycles. The Morgan fingerprint density at radius 3 is 2.70 bits per heavy atom. The SMILES string of the molecule is CC(O)C(NC(=O)C(N)CCCN(O)C=O)C(=O)NC1CCCN(O)C1=O. The highest BCUT2D eigenvalue weighted by Crippen LogP contribution is 2.10. The van der Waals surface area contributed by atoms with E-state index in [1.807, 2.05) is 0 Å². The number of hydroxylamine groups is 4. The fourth-order valence-electron chi connectivity index (χ4n) is 2.58. The summed E-state index contributed by atoms with van der Waals surface area (Å²) in [6, 6.07) is -3.31. The highest BCUT2D eigenvalue weighted by molar-refractivity contribution is 5.93. The number of carbonyl (C=O) groups excluding carboxylic acids is 4. The molecule has 1 heterocycles. The first-order valence-electron chi connectivity index (χ1n) is 8.62. The molecule has 0 spiro atoms. The Bertz CT molecular complexity index is 545. The summed E-state index contributed by atoms with van der Waals surface area (Å²) in [5.41, 5.74) is 5.71. The molecule has 0 saturated carbocycles. The Kier molecular flexibility index (Phi) is 9.08. The van der Waals surface area contributed by atoms with E-state index in [1.165, 1.54) is 6.92 Å². The molecule has 0 bridgehead atoms. The summed E-state index contributed by atoms with van der Waals surface area (Å²) in [5, 5.41) is 33.9. The molecule has 0 aromatic carbocycles. The molecule has 12 heteroatoms. The zero-order valence-corrected chi connectivity index (χ0v) is 15.1. The van der Waals surface area contributed by atoms with Crippen LogP contribution in [0.3, 0.4) is 0 Å². The molecule has 0 aromatic rings. The van der Waals surface area contributed by atoms with E-state index in [1.54, 1.807) is 0 Å². The van der Waals surface area contributed by atoms with Crippen molar-refractivity contribution in [2.45, 2.75) is 56.8 Å². The number of nitrogens with one attached hydrogen (secondary N) is 2. The largest absolute Gasteiger partial charge is 0.391 e. The number of aliphatic hydroxyl groups is 1. The van der Waals surface area contributed by atoms with Crippen LogP contribution in [0, 0.1) is 0 Å². The van der Waals surface area contributed by atoms with Crippen LogP contribution in [0.1, 0.15) is 32.6 Å². The topological polar surface area (TPSA) is 186 Å². The van der Waals surface area contributed by atoms with E-state index in [4.69, 9.17) is 10.9 Å². The van der Waals surface area contributed by atoms with Crippen LogP contribution in [0.25, 0.3) is 0 Å². The first-order chi connectivity index (χ1) is 12.7. The van der Waals surface area contributed by atoms with Crippen molar-refractivity contribution in [3.05, 3.63) is 0 Å². The third-order valence-electron chi connectivity index (χ3n) is 4.16. The maximum absolute atomic E-state index is 12.3. The normalized spacial score (nSPS) is 20.4. The molecule has 1 fully saturated rings. The van der Waals surface area contributed by atoms with Gasteiger partial charge in [-0.15, -0.1) is 0 Å². The van der Waals surface area contributed by atoms with Gasteiger partial charge >= 0.3 is 0 Å². The minimum atomic E-state index is -1.34. The summed E-state index contributed by atoms with van der Waals surface area (Å²) in [6.45, 7) is 1.46. The lowest BCUT2D eigenvalue weighted by molar-refractivity contribution is -0.173. The Hall–Kier alpha value is -2.28. The minimum absolute atomic E-state index is 0.00769. The summed E-state index contributed by atoms with van der Waals surface area (Å²) in [6.07, 6.45) is 0.166. The van der Waals surface area contributed by atoms with Crippen LogP contribution in [-0.2, 0) is 19.2 Å². The summed E-state index contributed by atoms with van der Waals surface area (Å²) in [7, 11) is 0. The van der Waals surface area contributed by atoms with Crippen LogP contribution in [-0.4, -0.2) is 87.1 Å².